The van der Waals surface area contributed by atoms with Crippen LogP contribution in [0.5, 0.6) is 0 Å². The van der Waals surface area contributed by atoms with E-state index in [1.165, 1.54) is 4.40 Å². The van der Waals surface area contributed by atoms with Crippen LogP contribution in [-0.2, 0) is 16.1 Å². The third-order valence-electron chi connectivity index (χ3n) is 4.07. The zero-order valence-corrected chi connectivity index (χ0v) is 12.0. The minimum atomic E-state index is -0.345. The number of nitrogens with two attached hydrogens (primary N) is 1. The van der Waals surface area contributed by atoms with Gasteiger partial charge in [-0.25, -0.2) is 9.48 Å². The largest absolute Gasteiger partial charge is 0.369 e. The van der Waals surface area contributed by atoms with Crippen molar-refractivity contribution in [3.63, 3.8) is 0 Å². The number of carbonyl (C=O) groups excluding carboxylic acids is 2. The second-order valence-electron chi connectivity index (χ2n) is 5.45. The van der Waals surface area contributed by atoms with Gasteiger partial charge in [-0.1, -0.05) is 0 Å². The molecule has 0 unspecified atom stereocenters. The van der Waals surface area contributed by atoms with Gasteiger partial charge in [0.2, 0.25) is 11.8 Å². The molecule has 1 aliphatic heterocycles. The van der Waals surface area contributed by atoms with Crippen LogP contribution in [0.2, 0.25) is 0 Å². The Morgan fingerprint density at radius 1 is 1.32 bits per heavy atom. The van der Waals surface area contributed by atoms with Gasteiger partial charge < -0.3 is 10.6 Å². The fourth-order valence-corrected chi connectivity index (χ4v) is 2.73. The quantitative estimate of drug-likeness (QED) is 0.803. The molecule has 8 heteroatoms. The molecule has 8 nitrogen and oxygen atoms in total. The van der Waals surface area contributed by atoms with Crippen LogP contribution in [0, 0.1) is 5.92 Å². The lowest BCUT2D eigenvalue weighted by Crippen LogP contribution is -2.44. The summed E-state index contributed by atoms with van der Waals surface area (Å²) < 4.78 is 2.59. The number of hydrogen-bond donors (Lipinski definition) is 1. The molecule has 1 saturated heterocycles. The summed E-state index contributed by atoms with van der Waals surface area (Å²) in [6, 6.07) is 3.52. The number of likely N-dealkylation sites (tertiary alicyclic amines) is 1. The van der Waals surface area contributed by atoms with Crippen molar-refractivity contribution in [1.82, 2.24) is 19.1 Å². The zero-order chi connectivity index (χ0) is 15.7. The van der Waals surface area contributed by atoms with Gasteiger partial charge >= 0.3 is 5.69 Å². The summed E-state index contributed by atoms with van der Waals surface area (Å²) in [4.78, 5) is 37.2. The van der Waals surface area contributed by atoms with Crippen LogP contribution >= 0.6 is 0 Å². The smallest absolute Gasteiger partial charge is 0.349 e. The first-order valence-corrected chi connectivity index (χ1v) is 7.16. The molecule has 0 bridgehead atoms. The van der Waals surface area contributed by atoms with Crippen molar-refractivity contribution >= 4 is 17.3 Å². The summed E-state index contributed by atoms with van der Waals surface area (Å²) in [7, 11) is 0. The number of carbonyl (C=O) groups is 2. The van der Waals surface area contributed by atoms with E-state index in [1.54, 1.807) is 29.4 Å². The molecular formula is C14H17N5O3. The van der Waals surface area contributed by atoms with Gasteiger partial charge in [0, 0.05) is 25.2 Å². The van der Waals surface area contributed by atoms with E-state index in [0.717, 1.165) is 4.68 Å². The van der Waals surface area contributed by atoms with Crippen molar-refractivity contribution in [2.24, 2.45) is 11.7 Å². The molecule has 3 rings (SSSR count). The SMILES string of the molecule is NC(=O)C1CCN(C(=O)Cn2ncc3cccn3c2=O)CC1. The van der Waals surface area contributed by atoms with E-state index in [4.69, 9.17) is 5.73 Å². The number of fused-ring (bicyclic) bond motifs is 1. The van der Waals surface area contributed by atoms with E-state index in [2.05, 4.69) is 5.10 Å². The van der Waals surface area contributed by atoms with E-state index >= 15 is 0 Å². The maximum atomic E-state index is 12.3. The number of piperidine rings is 1. The predicted octanol–water partition coefficient (Wildman–Crippen LogP) is -0.780. The maximum absolute atomic E-state index is 12.3. The Bertz CT molecular complexity index is 770. The van der Waals surface area contributed by atoms with Crippen molar-refractivity contribution in [2.45, 2.75) is 19.4 Å². The van der Waals surface area contributed by atoms with Gasteiger partial charge in [-0.15, -0.1) is 0 Å². The highest BCUT2D eigenvalue weighted by Gasteiger charge is 2.26. The van der Waals surface area contributed by atoms with Crippen LogP contribution in [0.25, 0.3) is 5.52 Å². The lowest BCUT2D eigenvalue weighted by atomic mass is 9.96. The van der Waals surface area contributed by atoms with Crippen molar-refractivity contribution in [3.05, 3.63) is 35.0 Å². The van der Waals surface area contributed by atoms with E-state index in [0.29, 0.717) is 31.4 Å². The lowest BCUT2D eigenvalue weighted by molar-refractivity contribution is -0.135. The standard InChI is InChI=1S/C14H17N5O3/c15-13(21)10-3-6-17(7-4-10)12(20)9-19-14(22)18-5-1-2-11(18)8-16-19/h1-2,5,8,10H,3-4,6-7,9H2,(H2,15,21). The van der Waals surface area contributed by atoms with Gasteiger partial charge in [0.15, 0.2) is 0 Å². The Balaban J connectivity index is 1.70. The van der Waals surface area contributed by atoms with Crippen LogP contribution in [0.1, 0.15) is 12.8 Å². The monoisotopic (exact) mass is 303 g/mol. The van der Waals surface area contributed by atoms with Crippen LogP contribution in [0.3, 0.4) is 0 Å². The highest BCUT2D eigenvalue weighted by molar-refractivity contribution is 5.78. The summed E-state index contributed by atoms with van der Waals surface area (Å²) in [6.07, 6.45) is 4.33. The van der Waals surface area contributed by atoms with Crippen LogP contribution in [0.15, 0.2) is 29.3 Å². The predicted molar refractivity (Wildman–Crippen MR) is 78.0 cm³/mol. The summed E-state index contributed by atoms with van der Waals surface area (Å²) >= 11 is 0. The van der Waals surface area contributed by atoms with E-state index in [-0.39, 0.29) is 30.0 Å². The molecule has 1 aliphatic rings. The molecule has 22 heavy (non-hydrogen) atoms. The molecule has 2 aromatic heterocycles. The van der Waals surface area contributed by atoms with E-state index in [1.807, 2.05) is 0 Å². The molecule has 0 atom stereocenters. The van der Waals surface area contributed by atoms with Crippen molar-refractivity contribution in [3.8, 4) is 0 Å². The normalized spacial score (nSPS) is 16.1. The molecule has 2 aromatic rings. The third-order valence-corrected chi connectivity index (χ3v) is 4.07. The zero-order valence-electron chi connectivity index (χ0n) is 12.0. The molecule has 0 spiro atoms. The molecule has 2 amide bonds. The summed E-state index contributed by atoms with van der Waals surface area (Å²) in [6.45, 7) is 0.855. The van der Waals surface area contributed by atoms with Gasteiger partial charge in [0.05, 0.1) is 11.7 Å². The molecule has 116 valence electrons. The van der Waals surface area contributed by atoms with Crippen molar-refractivity contribution in [2.75, 3.05) is 13.1 Å². The molecule has 0 aromatic carbocycles. The molecule has 0 saturated carbocycles. The lowest BCUT2D eigenvalue weighted by Gasteiger charge is -2.30. The van der Waals surface area contributed by atoms with E-state index < -0.39 is 0 Å². The van der Waals surface area contributed by atoms with Crippen LogP contribution in [-0.4, -0.2) is 44.0 Å². The molecule has 2 N–H and O–H groups in total. The number of hydrogen-bond acceptors (Lipinski definition) is 4. The minimum absolute atomic E-state index is 0.103. The number of primary amides is 1. The maximum Gasteiger partial charge on any atom is 0.349 e. The summed E-state index contributed by atoms with van der Waals surface area (Å²) in [5.41, 5.74) is 5.62. The number of nitrogens with zero attached hydrogens (tertiary/aromatic N) is 4. The fourth-order valence-electron chi connectivity index (χ4n) is 2.73. The second kappa shape index (κ2) is 5.63. The molecule has 1 fully saturated rings. The van der Waals surface area contributed by atoms with Crippen molar-refractivity contribution < 1.29 is 9.59 Å². The first-order chi connectivity index (χ1) is 10.6. The average molecular weight is 303 g/mol. The van der Waals surface area contributed by atoms with Crippen LogP contribution < -0.4 is 11.4 Å². The van der Waals surface area contributed by atoms with E-state index in [9.17, 15) is 14.4 Å². The second-order valence-corrected chi connectivity index (χ2v) is 5.45. The van der Waals surface area contributed by atoms with Gasteiger partial charge in [-0.3, -0.25) is 14.0 Å². The Hall–Kier alpha value is -2.64. The summed E-state index contributed by atoms with van der Waals surface area (Å²) in [5, 5.41) is 4.02. The molecule has 0 radical (unpaired) electrons. The Morgan fingerprint density at radius 2 is 2.05 bits per heavy atom. The molecule has 3 heterocycles. The number of amides is 2. The molecule has 0 aliphatic carbocycles. The van der Waals surface area contributed by atoms with Crippen LogP contribution in [0.4, 0.5) is 0 Å². The van der Waals surface area contributed by atoms with Gasteiger partial charge in [-0.2, -0.15) is 5.10 Å². The van der Waals surface area contributed by atoms with Gasteiger partial charge in [0.25, 0.3) is 0 Å². The molecular weight excluding hydrogens is 286 g/mol. The van der Waals surface area contributed by atoms with Gasteiger partial charge in [0.1, 0.15) is 6.54 Å². The van der Waals surface area contributed by atoms with Gasteiger partial charge in [-0.05, 0) is 25.0 Å². The average Bonchev–Trinajstić information content (AvgIpc) is 2.99. The fraction of sp³-hybridized carbons (Fsp3) is 0.429. The highest BCUT2D eigenvalue weighted by atomic mass is 16.2. The number of rotatable bonds is 3. The summed E-state index contributed by atoms with van der Waals surface area (Å²) in [5.74, 6) is -0.659. The Morgan fingerprint density at radius 3 is 2.73 bits per heavy atom. The highest BCUT2D eigenvalue weighted by Crippen LogP contribution is 2.16. The van der Waals surface area contributed by atoms with Crippen molar-refractivity contribution in [1.29, 1.82) is 0 Å². The number of aromatic nitrogens is 3. The first-order valence-electron chi connectivity index (χ1n) is 7.16. The topological polar surface area (TPSA) is 103 Å². The Labute approximate surface area is 126 Å². The minimum Gasteiger partial charge on any atom is -0.369 e. The Kier molecular flexibility index (Phi) is 3.66. The third kappa shape index (κ3) is 2.59. The first kappa shape index (κ1) is 14.3.